The third-order valence-corrected chi connectivity index (χ3v) is 4.44. The third-order valence-electron chi connectivity index (χ3n) is 3.75. The predicted octanol–water partition coefficient (Wildman–Crippen LogP) is 1.02. The Labute approximate surface area is 137 Å². The van der Waals surface area contributed by atoms with Gasteiger partial charge in [-0.25, -0.2) is 18.1 Å². The number of carbonyl (C=O) groups is 1. The van der Waals surface area contributed by atoms with E-state index in [9.17, 15) is 13.2 Å². The van der Waals surface area contributed by atoms with Gasteiger partial charge in [-0.15, -0.1) is 0 Å². The number of ether oxygens (including phenoxy) is 1. The van der Waals surface area contributed by atoms with Crippen molar-refractivity contribution in [2.75, 3.05) is 26.0 Å². The third kappa shape index (κ3) is 4.90. The molecular weight excluding hydrogens is 318 g/mol. The average Bonchev–Trinajstić information content (AvgIpc) is 2.53. The van der Waals surface area contributed by atoms with Crippen molar-refractivity contribution in [2.45, 2.75) is 32.2 Å². The molecule has 128 valence electrons. The molecule has 1 fully saturated rings. The zero-order valence-corrected chi connectivity index (χ0v) is 14.3. The number of pyridine rings is 1. The fraction of sp³-hybridized carbons (Fsp3) is 0.600. The summed E-state index contributed by atoms with van der Waals surface area (Å²) < 4.78 is 30.6. The Kier molecular flexibility index (Phi) is 5.95. The number of carbonyl (C=O) groups excluding carboxylic acids is 1. The molecule has 0 unspecified atom stereocenters. The predicted molar refractivity (Wildman–Crippen MR) is 86.9 cm³/mol. The molecule has 1 aliphatic rings. The molecular formula is C15H23N3O4S. The van der Waals surface area contributed by atoms with Gasteiger partial charge in [0.25, 0.3) is 5.91 Å². The Morgan fingerprint density at radius 1 is 1.48 bits per heavy atom. The molecule has 1 atom stereocenters. The maximum atomic E-state index is 12.9. The highest BCUT2D eigenvalue weighted by Gasteiger charge is 2.29. The van der Waals surface area contributed by atoms with Gasteiger partial charge in [-0.1, -0.05) is 0 Å². The minimum atomic E-state index is -3.28. The number of sulfonamides is 1. The van der Waals surface area contributed by atoms with E-state index in [0.29, 0.717) is 24.6 Å². The van der Waals surface area contributed by atoms with Crippen LogP contribution in [0.2, 0.25) is 0 Å². The maximum Gasteiger partial charge on any atom is 0.259 e. The fourth-order valence-electron chi connectivity index (χ4n) is 2.69. The highest BCUT2D eigenvalue weighted by atomic mass is 32.2. The molecule has 0 spiro atoms. The van der Waals surface area contributed by atoms with Gasteiger partial charge in [0.05, 0.1) is 12.9 Å². The van der Waals surface area contributed by atoms with Crippen LogP contribution in [0.15, 0.2) is 18.3 Å². The lowest BCUT2D eigenvalue weighted by atomic mass is 10.0. The second-order valence-electron chi connectivity index (χ2n) is 5.56. The molecule has 1 aromatic rings. The molecule has 23 heavy (non-hydrogen) atoms. The van der Waals surface area contributed by atoms with Gasteiger partial charge in [0.15, 0.2) is 0 Å². The van der Waals surface area contributed by atoms with E-state index in [4.69, 9.17) is 4.74 Å². The van der Waals surface area contributed by atoms with Crippen LogP contribution in [0, 0.1) is 0 Å². The van der Waals surface area contributed by atoms with E-state index in [1.165, 1.54) is 0 Å². The fourth-order valence-corrected chi connectivity index (χ4v) is 3.18. The van der Waals surface area contributed by atoms with Crippen LogP contribution in [-0.4, -0.2) is 56.2 Å². The van der Waals surface area contributed by atoms with E-state index in [1.807, 2.05) is 6.92 Å². The van der Waals surface area contributed by atoms with Crippen molar-refractivity contribution < 1.29 is 17.9 Å². The summed E-state index contributed by atoms with van der Waals surface area (Å²) in [5, 5.41) is 0. The molecule has 8 heteroatoms. The number of rotatable bonds is 6. The average molecular weight is 341 g/mol. The van der Waals surface area contributed by atoms with Crippen LogP contribution in [0.3, 0.4) is 0 Å². The molecule has 1 aliphatic heterocycles. The molecule has 0 aromatic carbocycles. The number of nitrogens with zero attached hydrogens (tertiary/aromatic N) is 2. The Morgan fingerprint density at radius 3 is 2.96 bits per heavy atom. The van der Waals surface area contributed by atoms with Crippen LogP contribution >= 0.6 is 0 Å². The summed E-state index contributed by atoms with van der Waals surface area (Å²) in [7, 11) is -3.28. The number of hydrogen-bond acceptors (Lipinski definition) is 5. The minimum absolute atomic E-state index is 0.152. The molecule has 1 saturated heterocycles. The molecule has 7 nitrogen and oxygen atoms in total. The molecule has 1 amide bonds. The van der Waals surface area contributed by atoms with Gasteiger partial charge in [-0.05, 0) is 38.3 Å². The molecule has 0 aliphatic carbocycles. The summed E-state index contributed by atoms with van der Waals surface area (Å²) in [6.07, 6.45) is 5.37. The smallest absolute Gasteiger partial charge is 0.259 e. The van der Waals surface area contributed by atoms with E-state index in [-0.39, 0.29) is 18.5 Å². The van der Waals surface area contributed by atoms with E-state index >= 15 is 0 Å². The first-order valence-corrected chi connectivity index (χ1v) is 9.65. The number of nitrogens with one attached hydrogen (secondary N) is 1. The Bertz CT molecular complexity index is 648. The van der Waals surface area contributed by atoms with Gasteiger partial charge in [0, 0.05) is 25.3 Å². The highest BCUT2D eigenvalue weighted by Crippen LogP contribution is 2.23. The Morgan fingerprint density at radius 2 is 2.26 bits per heavy atom. The largest absolute Gasteiger partial charge is 0.477 e. The normalized spacial score (nSPS) is 18.7. The molecule has 0 radical (unpaired) electrons. The van der Waals surface area contributed by atoms with Crippen molar-refractivity contribution in [2.24, 2.45) is 0 Å². The molecule has 2 rings (SSSR count). The summed E-state index contributed by atoms with van der Waals surface area (Å²) in [6, 6.07) is 3.24. The summed E-state index contributed by atoms with van der Waals surface area (Å²) in [5.41, 5.74) is 0.417. The topological polar surface area (TPSA) is 88.6 Å². The summed E-state index contributed by atoms with van der Waals surface area (Å²) in [4.78, 5) is 18.7. The van der Waals surface area contributed by atoms with Crippen molar-refractivity contribution in [1.29, 1.82) is 0 Å². The second-order valence-corrected chi connectivity index (χ2v) is 7.39. The maximum absolute atomic E-state index is 12.9. The van der Waals surface area contributed by atoms with Crippen LogP contribution in [0.1, 0.15) is 36.5 Å². The van der Waals surface area contributed by atoms with Crippen LogP contribution in [0.5, 0.6) is 5.88 Å². The lowest BCUT2D eigenvalue weighted by Gasteiger charge is -2.36. The van der Waals surface area contributed by atoms with E-state index in [2.05, 4.69) is 9.71 Å². The van der Waals surface area contributed by atoms with Crippen LogP contribution in [-0.2, 0) is 10.0 Å². The molecule has 0 saturated carbocycles. The number of piperidine rings is 1. The molecule has 1 aromatic heterocycles. The zero-order valence-electron chi connectivity index (χ0n) is 13.5. The number of aromatic nitrogens is 1. The van der Waals surface area contributed by atoms with Crippen molar-refractivity contribution >= 4 is 15.9 Å². The van der Waals surface area contributed by atoms with Crippen molar-refractivity contribution in [3.05, 3.63) is 23.9 Å². The second kappa shape index (κ2) is 7.74. The van der Waals surface area contributed by atoms with Gasteiger partial charge < -0.3 is 9.64 Å². The van der Waals surface area contributed by atoms with E-state index in [0.717, 1.165) is 25.5 Å². The van der Waals surface area contributed by atoms with Crippen molar-refractivity contribution in [3.63, 3.8) is 0 Å². The number of amides is 1. The van der Waals surface area contributed by atoms with Crippen LogP contribution in [0.25, 0.3) is 0 Å². The lowest BCUT2D eigenvalue weighted by molar-refractivity contribution is 0.0613. The quantitative estimate of drug-likeness (QED) is 0.835. The first-order valence-electron chi connectivity index (χ1n) is 7.75. The van der Waals surface area contributed by atoms with Crippen LogP contribution in [0.4, 0.5) is 0 Å². The number of likely N-dealkylation sites (tertiary alicyclic amines) is 1. The van der Waals surface area contributed by atoms with Crippen molar-refractivity contribution in [1.82, 2.24) is 14.6 Å². The highest BCUT2D eigenvalue weighted by molar-refractivity contribution is 7.88. The Balaban J connectivity index is 2.18. The van der Waals surface area contributed by atoms with Gasteiger partial charge >= 0.3 is 0 Å². The zero-order chi connectivity index (χ0) is 16.9. The van der Waals surface area contributed by atoms with Gasteiger partial charge in [-0.2, -0.15) is 0 Å². The Hall–Kier alpha value is -1.67. The van der Waals surface area contributed by atoms with Gasteiger partial charge in [0.2, 0.25) is 15.9 Å². The minimum Gasteiger partial charge on any atom is -0.477 e. The van der Waals surface area contributed by atoms with Gasteiger partial charge in [-0.3, -0.25) is 4.79 Å². The summed E-state index contributed by atoms with van der Waals surface area (Å²) in [5.74, 6) is 0.155. The molecule has 2 heterocycles. The molecule has 1 N–H and O–H groups in total. The SMILES string of the molecule is CCOc1ncccc1C(=O)N1CCCC[C@@H]1CNS(C)(=O)=O. The number of hydrogen-bond donors (Lipinski definition) is 1. The first-order chi connectivity index (χ1) is 10.9. The van der Waals surface area contributed by atoms with E-state index < -0.39 is 10.0 Å². The van der Waals surface area contributed by atoms with Gasteiger partial charge in [0.1, 0.15) is 5.56 Å². The lowest BCUT2D eigenvalue weighted by Crippen LogP contribution is -2.49. The summed E-state index contributed by atoms with van der Waals surface area (Å²) >= 11 is 0. The van der Waals surface area contributed by atoms with E-state index in [1.54, 1.807) is 23.2 Å². The monoisotopic (exact) mass is 341 g/mol. The van der Waals surface area contributed by atoms with Crippen LogP contribution < -0.4 is 9.46 Å². The van der Waals surface area contributed by atoms with Crippen molar-refractivity contribution in [3.8, 4) is 5.88 Å². The summed E-state index contributed by atoms with van der Waals surface area (Å²) in [6.45, 7) is 3.10. The standard InChI is InChI=1S/C15H23N3O4S/c1-3-22-14-13(8-6-9-16-14)15(19)18-10-5-4-7-12(18)11-17-23(2,20)21/h6,8-9,12,17H,3-5,7,10-11H2,1-2H3/t12-/m1/s1. The molecule has 0 bridgehead atoms. The first kappa shape index (κ1) is 17.7.